The van der Waals surface area contributed by atoms with Crippen LogP contribution in [0.1, 0.15) is 15.2 Å². The molecule has 4 rings (SSSR count). The van der Waals surface area contributed by atoms with Crippen molar-refractivity contribution in [2.45, 2.75) is 6.42 Å². The third-order valence-electron chi connectivity index (χ3n) is 4.11. The fourth-order valence-corrected chi connectivity index (χ4v) is 3.61. The number of amides is 1. The van der Waals surface area contributed by atoms with Gasteiger partial charge in [0.05, 0.1) is 15.4 Å². The van der Waals surface area contributed by atoms with E-state index < -0.39 is 5.91 Å². The number of thiophene rings is 1. The molecule has 7 heteroatoms. The summed E-state index contributed by atoms with van der Waals surface area (Å²) >= 11 is 1.33. The van der Waals surface area contributed by atoms with Gasteiger partial charge in [-0.25, -0.2) is 9.97 Å². The normalized spacial score (nSPS) is 10.9. The summed E-state index contributed by atoms with van der Waals surface area (Å²) in [6.07, 6.45) is 4.36. The Hall–Kier alpha value is -3.19. The zero-order valence-corrected chi connectivity index (χ0v) is 14.7. The molecule has 1 amide bonds. The summed E-state index contributed by atoms with van der Waals surface area (Å²) in [4.78, 5) is 24.4. The molecule has 0 unspecified atom stereocenters. The van der Waals surface area contributed by atoms with Crippen LogP contribution in [-0.4, -0.2) is 27.4 Å². The monoisotopic (exact) mass is 363 g/mol. The van der Waals surface area contributed by atoms with Crippen LogP contribution in [0.25, 0.3) is 21.5 Å². The van der Waals surface area contributed by atoms with Crippen LogP contribution in [0, 0.1) is 0 Å². The first kappa shape index (κ1) is 16.3. The van der Waals surface area contributed by atoms with Crippen molar-refractivity contribution in [1.82, 2.24) is 15.0 Å². The maximum absolute atomic E-state index is 11.2. The molecular formula is C19H17N5OS. The third kappa shape index (κ3) is 3.43. The number of hydrogen-bond acceptors (Lipinski definition) is 5. The van der Waals surface area contributed by atoms with E-state index >= 15 is 0 Å². The number of primary amides is 1. The number of fused-ring (bicyclic) bond motifs is 1. The third-order valence-corrected chi connectivity index (χ3v) is 5.23. The molecule has 0 saturated heterocycles. The average Bonchev–Trinajstić information content (AvgIpc) is 3.31. The van der Waals surface area contributed by atoms with Crippen LogP contribution < -0.4 is 11.1 Å². The Kier molecular flexibility index (Phi) is 4.37. The van der Waals surface area contributed by atoms with E-state index in [0.29, 0.717) is 4.88 Å². The van der Waals surface area contributed by atoms with Gasteiger partial charge in [0, 0.05) is 24.3 Å². The number of carbonyl (C=O) groups is 1. The molecule has 130 valence electrons. The molecule has 26 heavy (non-hydrogen) atoms. The molecule has 0 aliphatic carbocycles. The second kappa shape index (κ2) is 6.97. The Balaban J connectivity index is 1.42. The molecule has 1 aromatic carbocycles. The molecule has 3 heterocycles. The van der Waals surface area contributed by atoms with Crippen LogP contribution in [0.5, 0.6) is 0 Å². The van der Waals surface area contributed by atoms with Gasteiger partial charge in [0.2, 0.25) is 0 Å². The van der Waals surface area contributed by atoms with E-state index in [1.165, 1.54) is 28.6 Å². The Labute approximate surface area is 154 Å². The van der Waals surface area contributed by atoms with Crippen molar-refractivity contribution in [3.8, 4) is 10.6 Å². The van der Waals surface area contributed by atoms with Crippen molar-refractivity contribution in [1.29, 1.82) is 0 Å². The number of anilines is 1. The first-order chi connectivity index (χ1) is 12.7. The minimum atomic E-state index is -0.423. The summed E-state index contributed by atoms with van der Waals surface area (Å²) in [5, 5.41) is 4.54. The van der Waals surface area contributed by atoms with E-state index in [-0.39, 0.29) is 0 Å². The summed E-state index contributed by atoms with van der Waals surface area (Å²) in [6, 6.07) is 13.9. The van der Waals surface area contributed by atoms with E-state index in [1.807, 2.05) is 18.3 Å². The minimum absolute atomic E-state index is 0.423. The summed E-state index contributed by atoms with van der Waals surface area (Å²) in [5.74, 6) is 0.331. The van der Waals surface area contributed by atoms with E-state index in [4.69, 9.17) is 5.73 Å². The number of aromatic nitrogens is 3. The molecule has 0 fully saturated rings. The molecule has 4 aromatic rings. The van der Waals surface area contributed by atoms with Gasteiger partial charge in [-0.2, -0.15) is 0 Å². The lowest BCUT2D eigenvalue weighted by Crippen LogP contribution is -2.08. The van der Waals surface area contributed by atoms with Crippen molar-refractivity contribution in [3.05, 3.63) is 65.4 Å². The van der Waals surface area contributed by atoms with Crippen LogP contribution in [-0.2, 0) is 6.42 Å². The number of H-pyrrole nitrogens is 1. The Bertz CT molecular complexity index is 1070. The van der Waals surface area contributed by atoms with Gasteiger partial charge >= 0.3 is 0 Å². The lowest BCUT2D eigenvalue weighted by molar-refractivity contribution is 0.100. The number of benzene rings is 1. The van der Waals surface area contributed by atoms with Gasteiger partial charge in [0.1, 0.15) is 12.1 Å². The average molecular weight is 363 g/mol. The number of aromatic amines is 1. The largest absolute Gasteiger partial charge is 0.370 e. The van der Waals surface area contributed by atoms with Crippen molar-refractivity contribution < 1.29 is 4.79 Å². The molecule has 4 N–H and O–H groups in total. The highest BCUT2D eigenvalue weighted by Crippen LogP contribution is 2.27. The molecule has 3 aromatic heterocycles. The van der Waals surface area contributed by atoms with Crippen LogP contribution >= 0.6 is 11.3 Å². The van der Waals surface area contributed by atoms with Crippen LogP contribution in [0.2, 0.25) is 0 Å². The Morgan fingerprint density at radius 1 is 1.15 bits per heavy atom. The molecule has 6 nitrogen and oxygen atoms in total. The molecular weight excluding hydrogens is 346 g/mol. The van der Waals surface area contributed by atoms with Gasteiger partial charge in [-0.05, 0) is 41.6 Å². The van der Waals surface area contributed by atoms with Crippen molar-refractivity contribution >= 4 is 34.0 Å². The quantitative estimate of drug-likeness (QED) is 0.489. The predicted octanol–water partition coefficient (Wildman–Crippen LogP) is 3.44. The highest BCUT2D eigenvalue weighted by atomic mass is 32.1. The van der Waals surface area contributed by atoms with Gasteiger partial charge in [-0.15, -0.1) is 11.3 Å². The van der Waals surface area contributed by atoms with E-state index in [1.54, 1.807) is 6.07 Å². The smallest absolute Gasteiger partial charge is 0.258 e. The first-order valence-electron chi connectivity index (χ1n) is 8.21. The van der Waals surface area contributed by atoms with Crippen LogP contribution in [0.15, 0.2) is 55.0 Å². The maximum atomic E-state index is 11.2. The zero-order valence-electron chi connectivity index (χ0n) is 13.9. The highest BCUT2D eigenvalue weighted by Gasteiger charge is 2.09. The van der Waals surface area contributed by atoms with E-state index in [9.17, 15) is 4.79 Å². The maximum Gasteiger partial charge on any atom is 0.258 e. The van der Waals surface area contributed by atoms with Crippen molar-refractivity contribution in [3.63, 3.8) is 0 Å². The zero-order chi connectivity index (χ0) is 17.9. The van der Waals surface area contributed by atoms with E-state index in [0.717, 1.165) is 34.9 Å². The summed E-state index contributed by atoms with van der Waals surface area (Å²) in [7, 11) is 0. The van der Waals surface area contributed by atoms with Gasteiger partial charge in [-0.3, -0.25) is 4.79 Å². The number of nitrogens with two attached hydrogens (primary N) is 1. The van der Waals surface area contributed by atoms with E-state index in [2.05, 4.69) is 44.5 Å². The van der Waals surface area contributed by atoms with Crippen LogP contribution in [0.4, 0.5) is 5.82 Å². The molecule has 0 aliphatic heterocycles. The SMILES string of the molecule is NC(=O)c1ccc(-c2cc(NCCc3ccc4cc[nH]c4c3)ncn2)s1. The lowest BCUT2D eigenvalue weighted by atomic mass is 10.1. The van der Waals surface area contributed by atoms with Gasteiger partial charge in [0.15, 0.2) is 0 Å². The Morgan fingerprint density at radius 3 is 2.92 bits per heavy atom. The number of rotatable bonds is 6. The van der Waals surface area contributed by atoms with Crippen molar-refractivity contribution in [2.24, 2.45) is 5.73 Å². The molecule has 0 radical (unpaired) electrons. The molecule has 0 spiro atoms. The fourth-order valence-electron chi connectivity index (χ4n) is 2.78. The highest BCUT2D eigenvalue weighted by molar-refractivity contribution is 7.17. The second-order valence-corrected chi connectivity index (χ2v) is 6.98. The number of hydrogen-bond donors (Lipinski definition) is 3. The van der Waals surface area contributed by atoms with Crippen molar-refractivity contribution in [2.75, 3.05) is 11.9 Å². The summed E-state index contributed by atoms with van der Waals surface area (Å²) in [6.45, 7) is 0.764. The molecule has 0 aliphatic rings. The number of nitrogens with one attached hydrogen (secondary N) is 2. The number of carbonyl (C=O) groups excluding carboxylic acids is 1. The Morgan fingerprint density at radius 2 is 2.08 bits per heavy atom. The van der Waals surface area contributed by atoms with Gasteiger partial charge < -0.3 is 16.0 Å². The molecule has 0 bridgehead atoms. The van der Waals surface area contributed by atoms with Crippen LogP contribution in [0.3, 0.4) is 0 Å². The second-order valence-electron chi connectivity index (χ2n) is 5.89. The topological polar surface area (TPSA) is 96.7 Å². The first-order valence-corrected chi connectivity index (χ1v) is 9.03. The predicted molar refractivity (Wildman–Crippen MR) is 104 cm³/mol. The minimum Gasteiger partial charge on any atom is -0.370 e. The summed E-state index contributed by atoms with van der Waals surface area (Å²) in [5.41, 5.74) is 8.48. The summed E-state index contributed by atoms with van der Waals surface area (Å²) < 4.78 is 0. The molecule has 0 atom stereocenters. The lowest BCUT2D eigenvalue weighted by Gasteiger charge is -2.07. The number of nitrogens with zero attached hydrogens (tertiary/aromatic N) is 2. The van der Waals surface area contributed by atoms with Gasteiger partial charge in [0.25, 0.3) is 5.91 Å². The molecule has 0 saturated carbocycles. The standard InChI is InChI=1S/C19H17N5OS/c20-19(25)17-4-3-16(26-17)15-10-18(24-11-23-15)22-7-5-12-1-2-13-6-8-21-14(13)9-12/h1-4,6,8-11,21H,5,7H2,(H2,20,25)(H,22,23,24). The van der Waals surface area contributed by atoms with Gasteiger partial charge in [-0.1, -0.05) is 12.1 Å². The fraction of sp³-hybridized carbons (Fsp3) is 0.105.